The summed E-state index contributed by atoms with van der Waals surface area (Å²) in [5.74, 6) is 0.288. The molecule has 0 heterocycles. The standard InChI is InChI=1S/C12H16FNO2/c1-16-8-5-6-9(13)11(7-8)14-10-3-2-4-12(10)15/h5-7,10,12,14-15H,2-4H2,1H3. The Balaban J connectivity index is 2.13. The maximum absolute atomic E-state index is 13.5. The van der Waals surface area contributed by atoms with Gasteiger partial charge in [-0.15, -0.1) is 0 Å². The highest BCUT2D eigenvalue weighted by Crippen LogP contribution is 2.26. The van der Waals surface area contributed by atoms with E-state index in [1.54, 1.807) is 19.2 Å². The molecular weight excluding hydrogens is 209 g/mol. The number of halogens is 1. The second kappa shape index (κ2) is 4.70. The van der Waals surface area contributed by atoms with Gasteiger partial charge in [-0.3, -0.25) is 0 Å². The van der Waals surface area contributed by atoms with Crippen molar-refractivity contribution in [2.24, 2.45) is 0 Å². The lowest BCUT2D eigenvalue weighted by Crippen LogP contribution is -2.28. The zero-order valence-corrected chi connectivity index (χ0v) is 9.24. The van der Waals surface area contributed by atoms with Crippen molar-refractivity contribution in [3.8, 4) is 5.75 Å². The molecule has 2 rings (SSSR count). The molecular formula is C12H16FNO2. The Morgan fingerprint density at radius 2 is 2.25 bits per heavy atom. The largest absolute Gasteiger partial charge is 0.497 e. The Labute approximate surface area is 94.2 Å². The molecule has 0 radical (unpaired) electrons. The van der Waals surface area contributed by atoms with E-state index in [9.17, 15) is 9.50 Å². The van der Waals surface area contributed by atoms with E-state index in [-0.39, 0.29) is 18.0 Å². The van der Waals surface area contributed by atoms with E-state index in [1.807, 2.05) is 0 Å². The van der Waals surface area contributed by atoms with Gasteiger partial charge >= 0.3 is 0 Å². The SMILES string of the molecule is COc1ccc(F)c(NC2CCCC2O)c1. The first-order valence-electron chi connectivity index (χ1n) is 5.49. The zero-order valence-electron chi connectivity index (χ0n) is 9.24. The van der Waals surface area contributed by atoms with E-state index in [0.29, 0.717) is 11.4 Å². The molecule has 4 heteroatoms. The molecule has 1 saturated carbocycles. The average Bonchev–Trinajstić information content (AvgIpc) is 2.68. The highest BCUT2D eigenvalue weighted by atomic mass is 19.1. The normalized spacial score (nSPS) is 24.4. The van der Waals surface area contributed by atoms with E-state index in [0.717, 1.165) is 19.3 Å². The summed E-state index contributed by atoms with van der Waals surface area (Å²) >= 11 is 0. The smallest absolute Gasteiger partial charge is 0.146 e. The van der Waals surface area contributed by atoms with Crippen LogP contribution in [0.4, 0.5) is 10.1 Å². The molecule has 0 aliphatic heterocycles. The number of methoxy groups -OCH3 is 1. The number of nitrogens with one attached hydrogen (secondary N) is 1. The fourth-order valence-corrected chi connectivity index (χ4v) is 2.05. The summed E-state index contributed by atoms with van der Waals surface area (Å²) in [6.07, 6.45) is 2.25. The van der Waals surface area contributed by atoms with Gasteiger partial charge in [-0.1, -0.05) is 0 Å². The second-order valence-electron chi connectivity index (χ2n) is 4.09. The molecule has 1 fully saturated rings. The Morgan fingerprint density at radius 3 is 2.88 bits per heavy atom. The van der Waals surface area contributed by atoms with Crippen molar-refractivity contribution in [3.05, 3.63) is 24.0 Å². The van der Waals surface area contributed by atoms with E-state index >= 15 is 0 Å². The third-order valence-electron chi connectivity index (χ3n) is 2.99. The average molecular weight is 225 g/mol. The zero-order chi connectivity index (χ0) is 11.5. The van der Waals surface area contributed by atoms with Crippen LogP contribution in [0.3, 0.4) is 0 Å². The van der Waals surface area contributed by atoms with Crippen LogP contribution >= 0.6 is 0 Å². The van der Waals surface area contributed by atoms with Gasteiger partial charge in [0.25, 0.3) is 0 Å². The van der Waals surface area contributed by atoms with Gasteiger partial charge in [-0.25, -0.2) is 4.39 Å². The van der Waals surface area contributed by atoms with Gasteiger partial charge in [-0.05, 0) is 31.4 Å². The predicted octanol–water partition coefficient (Wildman–Crippen LogP) is 2.16. The number of aliphatic hydroxyl groups excluding tert-OH is 1. The molecule has 0 bridgehead atoms. The first kappa shape index (κ1) is 11.2. The molecule has 0 aromatic heterocycles. The topological polar surface area (TPSA) is 41.5 Å². The van der Waals surface area contributed by atoms with E-state index in [2.05, 4.69) is 5.32 Å². The molecule has 88 valence electrons. The molecule has 1 aliphatic rings. The highest BCUT2D eigenvalue weighted by molar-refractivity contribution is 5.50. The molecule has 3 nitrogen and oxygen atoms in total. The Kier molecular flexibility index (Phi) is 3.29. The predicted molar refractivity (Wildman–Crippen MR) is 60.2 cm³/mol. The third kappa shape index (κ3) is 2.27. The molecule has 2 N–H and O–H groups in total. The van der Waals surface area contributed by atoms with Crippen LogP contribution in [-0.4, -0.2) is 24.4 Å². The number of aliphatic hydroxyl groups is 1. The van der Waals surface area contributed by atoms with Crippen molar-refractivity contribution < 1.29 is 14.2 Å². The minimum atomic E-state index is -0.384. The molecule has 16 heavy (non-hydrogen) atoms. The summed E-state index contributed by atoms with van der Waals surface area (Å²) < 4.78 is 18.5. The summed E-state index contributed by atoms with van der Waals surface area (Å²) in [6.45, 7) is 0. The van der Waals surface area contributed by atoms with E-state index < -0.39 is 0 Å². The first-order valence-corrected chi connectivity index (χ1v) is 5.49. The van der Waals surface area contributed by atoms with Gasteiger partial charge in [0.1, 0.15) is 11.6 Å². The number of hydrogen-bond donors (Lipinski definition) is 2. The summed E-state index contributed by atoms with van der Waals surface area (Å²) in [4.78, 5) is 0. The van der Waals surface area contributed by atoms with Gasteiger partial charge in [0.2, 0.25) is 0 Å². The van der Waals surface area contributed by atoms with Crippen LogP contribution in [0, 0.1) is 5.82 Å². The van der Waals surface area contributed by atoms with Gasteiger partial charge in [0, 0.05) is 6.07 Å². The molecule has 1 aromatic rings. The van der Waals surface area contributed by atoms with Crippen molar-refractivity contribution in [2.45, 2.75) is 31.4 Å². The lowest BCUT2D eigenvalue weighted by Gasteiger charge is -2.18. The van der Waals surface area contributed by atoms with Crippen molar-refractivity contribution in [1.82, 2.24) is 0 Å². The second-order valence-corrected chi connectivity index (χ2v) is 4.09. The van der Waals surface area contributed by atoms with Crippen LogP contribution in [0.25, 0.3) is 0 Å². The first-order chi connectivity index (χ1) is 7.70. The van der Waals surface area contributed by atoms with Crippen molar-refractivity contribution in [1.29, 1.82) is 0 Å². The van der Waals surface area contributed by atoms with Crippen LogP contribution in [0.1, 0.15) is 19.3 Å². The van der Waals surface area contributed by atoms with Gasteiger partial charge < -0.3 is 15.2 Å². The highest BCUT2D eigenvalue weighted by Gasteiger charge is 2.25. The summed E-state index contributed by atoms with van der Waals surface area (Å²) in [5, 5.41) is 12.7. The lowest BCUT2D eigenvalue weighted by molar-refractivity contribution is 0.171. The third-order valence-corrected chi connectivity index (χ3v) is 2.99. The molecule has 2 unspecified atom stereocenters. The minimum absolute atomic E-state index is 0.0541. The molecule has 1 aliphatic carbocycles. The number of benzene rings is 1. The Morgan fingerprint density at radius 1 is 1.44 bits per heavy atom. The minimum Gasteiger partial charge on any atom is -0.497 e. The van der Waals surface area contributed by atoms with Crippen LogP contribution in [-0.2, 0) is 0 Å². The van der Waals surface area contributed by atoms with Crippen molar-refractivity contribution >= 4 is 5.69 Å². The lowest BCUT2D eigenvalue weighted by atomic mass is 10.2. The maximum atomic E-state index is 13.5. The van der Waals surface area contributed by atoms with Crippen LogP contribution in [0.2, 0.25) is 0 Å². The Hall–Kier alpha value is -1.29. The Bertz CT molecular complexity index is 370. The van der Waals surface area contributed by atoms with Crippen molar-refractivity contribution in [3.63, 3.8) is 0 Å². The molecule has 2 atom stereocenters. The summed E-state index contributed by atoms with van der Waals surface area (Å²) in [5.41, 5.74) is 0.394. The van der Waals surface area contributed by atoms with Crippen LogP contribution < -0.4 is 10.1 Å². The maximum Gasteiger partial charge on any atom is 0.146 e. The fourth-order valence-electron chi connectivity index (χ4n) is 2.05. The molecule has 1 aromatic carbocycles. The number of ether oxygens (including phenoxy) is 1. The monoisotopic (exact) mass is 225 g/mol. The molecule has 0 amide bonds. The number of anilines is 1. The van der Waals surface area contributed by atoms with Crippen LogP contribution in [0.15, 0.2) is 18.2 Å². The van der Waals surface area contributed by atoms with Gasteiger partial charge in [-0.2, -0.15) is 0 Å². The quantitative estimate of drug-likeness (QED) is 0.828. The number of rotatable bonds is 3. The van der Waals surface area contributed by atoms with Crippen LogP contribution in [0.5, 0.6) is 5.75 Å². The number of hydrogen-bond acceptors (Lipinski definition) is 3. The van der Waals surface area contributed by atoms with Crippen molar-refractivity contribution in [2.75, 3.05) is 12.4 Å². The van der Waals surface area contributed by atoms with Gasteiger partial charge in [0.15, 0.2) is 0 Å². The van der Waals surface area contributed by atoms with E-state index in [1.165, 1.54) is 6.07 Å². The van der Waals surface area contributed by atoms with Gasteiger partial charge in [0.05, 0.1) is 24.9 Å². The summed E-state index contributed by atoms with van der Waals surface area (Å²) in [6, 6.07) is 4.50. The van der Waals surface area contributed by atoms with E-state index in [4.69, 9.17) is 4.74 Å². The molecule has 0 spiro atoms. The molecule has 0 saturated heterocycles. The fraction of sp³-hybridized carbons (Fsp3) is 0.500. The summed E-state index contributed by atoms with van der Waals surface area (Å²) in [7, 11) is 1.54.